The van der Waals surface area contributed by atoms with Gasteiger partial charge in [0.25, 0.3) is 0 Å². The highest BCUT2D eigenvalue weighted by molar-refractivity contribution is 4.92. The smallest absolute Gasteiger partial charge is 0.0621 e. The van der Waals surface area contributed by atoms with Gasteiger partial charge in [-0.15, -0.1) is 0 Å². The summed E-state index contributed by atoms with van der Waals surface area (Å²) < 4.78 is 0. The third-order valence-electron chi connectivity index (χ3n) is 3.73. The number of aliphatic hydroxyl groups excluding tert-OH is 2. The first-order chi connectivity index (χ1) is 5.83. The lowest BCUT2D eigenvalue weighted by Crippen LogP contribution is -2.26. The maximum atomic E-state index is 9.82. The average Bonchev–Trinajstić information content (AvgIpc) is 2.44. The van der Waals surface area contributed by atoms with Crippen molar-refractivity contribution in [1.82, 2.24) is 0 Å². The maximum Gasteiger partial charge on any atom is 0.0621 e. The van der Waals surface area contributed by atoms with Gasteiger partial charge >= 0.3 is 0 Å². The highest BCUT2D eigenvalue weighted by Crippen LogP contribution is 2.44. The molecule has 70 valence electrons. The van der Waals surface area contributed by atoms with Crippen molar-refractivity contribution in [3.63, 3.8) is 0 Å². The van der Waals surface area contributed by atoms with Crippen LogP contribution in [0.3, 0.4) is 0 Å². The zero-order valence-electron chi connectivity index (χ0n) is 7.45. The standard InChI is InChI=1S/C10H18O2/c11-6-8-5-7-3-1-2-4-9(7)10(8)12/h7-12H,1-6H2/t7-,8-,9-,10+/m0/s1. The Hall–Kier alpha value is -0.0800. The minimum atomic E-state index is -0.208. The Labute approximate surface area is 73.6 Å². The molecular formula is C10H18O2. The van der Waals surface area contributed by atoms with Crippen LogP contribution in [0.15, 0.2) is 0 Å². The second kappa shape index (κ2) is 3.35. The van der Waals surface area contributed by atoms with E-state index in [2.05, 4.69) is 0 Å². The normalized spacial score (nSPS) is 47.5. The van der Waals surface area contributed by atoms with Crippen LogP contribution in [-0.2, 0) is 0 Å². The first kappa shape index (κ1) is 8.52. The van der Waals surface area contributed by atoms with Gasteiger partial charge in [-0.25, -0.2) is 0 Å². The van der Waals surface area contributed by atoms with Gasteiger partial charge in [0.05, 0.1) is 6.10 Å². The lowest BCUT2D eigenvalue weighted by Gasteiger charge is -2.26. The predicted octanol–water partition coefficient (Wildman–Crippen LogP) is 1.17. The van der Waals surface area contributed by atoms with E-state index in [4.69, 9.17) is 5.11 Å². The first-order valence-electron chi connectivity index (χ1n) is 5.12. The third kappa shape index (κ3) is 1.27. The molecule has 0 spiro atoms. The largest absolute Gasteiger partial charge is 0.396 e. The number of hydrogen-bond donors (Lipinski definition) is 2. The van der Waals surface area contributed by atoms with Crippen LogP contribution in [-0.4, -0.2) is 22.9 Å². The molecule has 2 nitrogen and oxygen atoms in total. The quantitative estimate of drug-likeness (QED) is 0.620. The van der Waals surface area contributed by atoms with E-state index in [0.29, 0.717) is 11.8 Å². The highest BCUT2D eigenvalue weighted by Gasteiger charge is 2.42. The van der Waals surface area contributed by atoms with E-state index in [1.807, 2.05) is 0 Å². The van der Waals surface area contributed by atoms with Gasteiger partial charge in [-0.2, -0.15) is 0 Å². The van der Waals surface area contributed by atoms with Crippen LogP contribution in [0.2, 0.25) is 0 Å². The van der Waals surface area contributed by atoms with E-state index in [9.17, 15) is 5.11 Å². The minimum Gasteiger partial charge on any atom is -0.396 e. The molecule has 0 heterocycles. The summed E-state index contributed by atoms with van der Waals surface area (Å²) >= 11 is 0. The highest BCUT2D eigenvalue weighted by atomic mass is 16.3. The van der Waals surface area contributed by atoms with Crippen molar-refractivity contribution >= 4 is 0 Å². The SMILES string of the molecule is OC[C@@H]1C[C@@H]2CCCC[C@@H]2[C@@H]1O. The summed E-state index contributed by atoms with van der Waals surface area (Å²) in [6.07, 6.45) is 5.91. The van der Waals surface area contributed by atoms with Crippen LogP contribution in [0.4, 0.5) is 0 Å². The molecule has 0 bridgehead atoms. The van der Waals surface area contributed by atoms with Crippen molar-refractivity contribution in [1.29, 1.82) is 0 Å². The van der Waals surface area contributed by atoms with Crippen LogP contribution < -0.4 is 0 Å². The van der Waals surface area contributed by atoms with Gasteiger partial charge in [0.2, 0.25) is 0 Å². The molecule has 0 aromatic heterocycles. The predicted molar refractivity (Wildman–Crippen MR) is 46.6 cm³/mol. The van der Waals surface area contributed by atoms with Crippen LogP contribution >= 0.6 is 0 Å². The van der Waals surface area contributed by atoms with Crippen LogP contribution in [0.25, 0.3) is 0 Å². The fourth-order valence-corrected chi connectivity index (χ4v) is 3.04. The molecule has 2 rings (SSSR count). The molecule has 2 N–H and O–H groups in total. The number of rotatable bonds is 1. The number of fused-ring (bicyclic) bond motifs is 1. The Morgan fingerprint density at radius 1 is 1.17 bits per heavy atom. The van der Waals surface area contributed by atoms with Gasteiger partial charge in [-0.05, 0) is 24.7 Å². The topological polar surface area (TPSA) is 40.5 Å². The van der Waals surface area contributed by atoms with E-state index in [0.717, 1.165) is 6.42 Å². The molecule has 4 atom stereocenters. The van der Waals surface area contributed by atoms with Crippen molar-refractivity contribution in [2.24, 2.45) is 17.8 Å². The molecule has 0 amide bonds. The Morgan fingerprint density at radius 2 is 1.92 bits per heavy atom. The van der Waals surface area contributed by atoms with Crippen LogP contribution in [0.5, 0.6) is 0 Å². The molecule has 0 aromatic rings. The molecule has 2 aliphatic rings. The van der Waals surface area contributed by atoms with Crippen molar-refractivity contribution in [3.05, 3.63) is 0 Å². The first-order valence-corrected chi connectivity index (χ1v) is 5.12. The molecule has 2 fully saturated rings. The Kier molecular flexibility index (Phi) is 2.37. The lowest BCUT2D eigenvalue weighted by molar-refractivity contribution is 0.0479. The summed E-state index contributed by atoms with van der Waals surface area (Å²) in [7, 11) is 0. The molecular weight excluding hydrogens is 152 g/mol. The summed E-state index contributed by atoms with van der Waals surface area (Å²) in [5.74, 6) is 1.40. The van der Waals surface area contributed by atoms with Crippen LogP contribution in [0, 0.1) is 17.8 Å². The van der Waals surface area contributed by atoms with Gasteiger partial charge in [-0.3, -0.25) is 0 Å². The Bertz CT molecular complexity index is 156. The Morgan fingerprint density at radius 3 is 2.58 bits per heavy atom. The zero-order chi connectivity index (χ0) is 8.55. The van der Waals surface area contributed by atoms with Gasteiger partial charge < -0.3 is 10.2 Å². The van der Waals surface area contributed by atoms with Crippen molar-refractivity contribution in [2.75, 3.05) is 6.61 Å². The average molecular weight is 170 g/mol. The van der Waals surface area contributed by atoms with Crippen molar-refractivity contribution in [2.45, 2.75) is 38.2 Å². The summed E-state index contributed by atoms with van der Waals surface area (Å²) in [5.41, 5.74) is 0. The molecule has 2 saturated carbocycles. The molecule has 0 saturated heterocycles. The molecule has 0 radical (unpaired) electrons. The van der Waals surface area contributed by atoms with Gasteiger partial charge in [0, 0.05) is 12.5 Å². The number of hydrogen-bond acceptors (Lipinski definition) is 2. The summed E-state index contributed by atoms with van der Waals surface area (Å²) in [5, 5.41) is 18.8. The second-order valence-electron chi connectivity index (χ2n) is 4.38. The van der Waals surface area contributed by atoms with Crippen molar-refractivity contribution < 1.29 is 10.2 Å². The number of aliphatic hydroxyl groups is 2. The minimum absolute atomic E-state index is 0.175. The molecule has 12 heavy (non-hydrogen) atoms. The second-order valence-corrected chi connectivity index (χ2v) is 4.38. The third-order valence-corrected chi connectivity index (χ3v) is 3.73. The molecule has 0 aliphatic heterocycles. The lowest BCUT2D eigenvalue weighted by atomic mass is 9.81. The Balaban J connectivity index is 2.03. The van der Waals surface area contributed by atoms with E-state index in [1.54, 1.807) is 0 Å². The van der Waals surface area contributed by atoms with E-state index in [-0.39, 0.29) is 18.6 Å². The molecule has 0 unspecified atom stereocenters. The summed E-state index contributed by atoms with van der Waals surface area (Å²) in [6.45, 7) is 0.175. The molecule has 2 aliphatic carbocycles. The maximum absolute atomic E-state index is 9.82. The van der Waals surface area contributed by atoms with E-state index < -0.39 is 0 Å². The summed E-state index contributed by atoms with van der Waals surface area (Å²) in [4.78, 5) is 0. The van der Waals surface area contributed by atoms with Crippen molar-refractivity contribution in [3.8, 4) is 0 Å². The van der Waals surface area contributed by atoms with Crippen LogP contribution in [0.1, 0.15) is 32.1 Å². The van der Waals surface area contributed by atoms with E-state index in [1.165, 1.54) is 25.7 Å². The summed E-state index contributed by atoms with van der Waals surface area (Å²) in [6, 6.07) is 0. The van der Waals surface area contributed by atoms with Gasteiger partial charge in [0.1, 0.15) is 0 Å². The monoisotopic (exact) mass is 170 g/mol. The fourth-order valence-electron chi connectivity index (χ4n) is 3.04. The molecule has 0 aromatic carbocycles. The van der Waals surface area contributed by atoms with Gasteiger partial charge in [-0.1, -0.05) is 19.3 Å². The molecule has 2 heteroatoms. The fraction of sp³-hybridized carbons (Fsp3) is 1.00. The van der Waals surface area contributed by atoms with Gasteiger partial charge in [0.15, 0.2) is 0 Å². The zero-order valence-corrected chi connectivity index (χ0v) is 7.45. The van der Waals surface area contributed by atoms with E-state index >= 15 is 0 Å².